The largest absolute Gasteiger partial charge is 0.495 e. The average molecular weight is 494 g/mol. The molecule has 0 unspecified atom stereocenters. The Kier molecular flexibility index (Phi) is 6.30. The van der Waals surface area contributed by atoms with Gasteiger partial charge in [0.25, 0.3) is 0 Å². The summed E-state index contributed by atoms with van der Waals surface area (Å²) in [7, 11) is 1.54. The first-order valence-electron chi connectivity index (χ1n) is 9.46. The topological polar surface area (TPSA) is 22.1 Å². The number of nitrogens with zero attached hydrogens (tertiary/aromatic N) is 1. The van der Waals surface area contributed by atoms with Gasteiger partial charge < -0.3 is 4.74 Å². The Morgan fingerprint density at radius 3 is 2.25 bits per heavy atom. The van der Waals surface area contributed by atoms with Crippen LogP contribution in [0.25, 0.3) is 33.2 Å². The third kappa shape index (κ3) is 4.68. The van der Waals surface area contributed by atoms with Crippen molar-refractivity contribution in [1.29, 1.82) is 0 Å². The van der Waals surface area contributed by atoms with Gasteiger partial charge in [-0.25, -0.2) is 0 Å². The summed E-state index contributed by atoms with van der Waals surface area (Å²) >= 11 is 12.9. The number of fused-ring (bicyclic) bond motifs is 1. The van der Waals surface area contributed by atoms with Crippen molar-refractivity contribution in [2.45, 2.75) is 17.3 Å². The van der Waals surface area contributed by atoms with Crippen LogP contribution >= 0.6 is 35.0 Å². The van der Waals surface area contributed by atoms with Crippen LogP contribution in [0.5, 0.6) is 5.75 Å². The van der Waals surface area contributed by atoms with Crippen molar-refractivity contribution in [3.63, 3.8) is 0 Å². The third-order valence-electron chi connectivity index (χ3n) is 4.95. The zero-order valence-electron chi connectivity index (χ0n) is 16.9. The summed E-state index contributed by atoms with van der Waals surface area (Å²) in [6, 6.07) is 17.3. The highest BCUT2D eigenvalue weighted by atomic mass is 35.5. The van der Waals surface area contributed by atoms with E-state index < -0.39 is 5.51 Å². The van der Waals surface area contributed by atoms with Gasteiger partial charge in [-0.05, 0) is 53.6 Å². The Balaban J connectivity index is 1.73. The molecule has 0 saturated heterocycles. The van der Waals surface area contributed by atoms with Crippen LogP contribution in [0.15, 0.2) is 65.6 Å². The molecular formula is C24H16Cl2F3NOS. The van der Waals surface area contributed by atoms with Gasteiger partial charge in [0, 0.05) is 27.6 Å². The maximum absolute atomic E-state index is 12.7. The van der Waals surface area contributed by atoms with Crippen LogP contribution < -0.4 is 4.74 Å². The highest BCUT2D eigenvalue weighted by Crippen LogP contribution is 2.41. The van der Waals surface area contributed by atoms with E-state index in [4.69, 9.17) is 27.9 Å². The molecule has 0 aliphatic rings. The number of hydrogen-bond donors (Lipinski definition) is 0. The molecule has 0 amide bonds. The summed E-state index contributed by atoms with van der Waals surface area (Å²) in [5.74, 6) is 0.519. The van der Waals surface area contributed by atoms with Crippen LogP contribution in [0.2, 0.25) is 10.0 Å². The van der Waals surface area contributed by atoms with Crippen molar-refractivity contribution in [2.24, 2.45) is 0 Å². The predicted octanol–water partition coefficient (Wildman–Crippen LogP) is 8.80. The van der Waals surface area contributed by atoms with Crippen LogP contribution in [0.3, 0.4) is 0 Å². The fourth-order valence-corrected chi connectivity index (χ4v) is 4.77. The highest BCUT2D eigenvalue weighted by Gasteiger charge is 2.29. The van der Waals surface area contributed by atoms with E-state index in [-0.39, 0.29) is 16.7 Å². The standard InChI is InChI=1S/C24H16Cl2F3NOS/c1-13-22(23(26)18-11-19(25)21(31-2)12-20(18)30-13)15-8-6-14(7-9-15)16-4-3-5-17(10-16)32-24(27,28)29/h3-12H,1-2H3. The van der Waals surface area contributed by atoms with Crippen LogP contribution in [-0.4, -0.2) is 17.6 Å². The lowest BCUT2D eigenvalue weighted by atomic mass is 9.98. The van der Waals surface area contributed by atoms with Gasteiger partial charge in [0.2, 0.25) is 0 Å². The van der Waals surface area contributed by atoms with Gasteiger partial charge in [0.05, 0.1) is 22.7 Å². The van der Waals surface area contributed by atoms with Gasteiger partial charge in [-0.15, -0.1) is 0 Å². The Morgan fingerprint density at radius 1 is 0.906 bits per heavy atom. The number of methoxy groups -OCH3 is 1. The summed E-state index contributed by atoms with van der Waals surface area (Å²) in [4.78, 5) is 4.80. The molecule has 1 heterocycles. The minimum absolute atomic E-state index is 0.127. The average Bonchev–Trinajstić information content (AvgIpc) is 2.73. The molecule has 164 valence electrons. The molecule has 0 fully saturated rings. The quantitative estimate of drug-likeness (QED) is 0.265. The normalized spacial score (nSPS) is 11.7. The molecule has 0 atom stereocenters. The van der Waals surface area contributed by atoms with Gasteiger partial charge in [-0.3, -0.25) is 4.98 Å². The number of rotatable bonds is 4. The molecule has 3 aromatic carbocycles. The first-order valence-corrected chi connectivity index (χ1v) is 11.0. The minimum atomic E-state index is -4.33. The number of ether oxygens (including phenoxy) is 1. The smallest absolute Gasteiger partial charge is 0.446 e. The number of halogens is 5. The molecule has 0 saturated carbocycles. The molecule has 0 aliphatic carbocycles. The molecule has 32 heavy (non-hydrogen) atoms. The number of thioether (sulfide) groups is 1. The van der Waals surface area contributed by atoms with Crippen molar-refractivity contribution in [3.8, 4) is 28.0 Å². The van der Waals surface area contributed by atoms with Crippen molar-refractivity contribution in [3.05, 3.63) is 76.4 Å². The third-order valence-corrected chi connectivity index (χ3v) is 6.36. The van der Waals surface area contributed by atoms with E-state index in [0.717, 1.165) is 22.4 Å². The van der Waals surface area contributed by atoms with Crippen LogP contribution in [0.4, 0.5) is 13.2 Å². The second kappa shape index (κ2) is 8.85. The number of hydrogen-bond acceptors (Lipinski definition) is 3. The fourth-order valence-electron chi connectivity index (χ4n) is 3.54. The maximum atomic E-state index is 12.7. The molecule has 1 aromatic heterocycles. The van der Waals surface area contributed by atoms with Crippen molar-refractivity contribution < 1.29 is 17.9 Å². The molecular weight excluding hydrogens is 478 g/mol. The Morgan fingerprint density at radius 2 is 1.59 bits per heavy atom. The van der Waals surface area contributed by atoms with E-state index in [9.17, 15) is 13.2 Å². The van der Waals surface area contributed by atoms with Gasteiger partial charge in [0.1, 0.15) is 5.75 Å². The van der Waals surface area contributed by atoms with Gasteiger partial charge >= 0.3 is 5.51 Å². The number of aryl methyl sites for hydroxylation is 1. The zero-order chi connectivity index (χ0) is 23.0. The maximum Gasteiger partial charge on any atom is 0.446 e. The molecule has 0 radical (unpaired) electrons. The van der Waals surface area contributed by atoms with E-state index in [1.807, 2.05) is 31.2 Å². The lowest BCUT2D eigenvalue weighted by Crippen LogP contribution is -1.98. The SMILES string of the molecule is COc1cc2nc(C)c(-c3ccc(-c4cccc(SC(F)(F)F)c4)cc3)c(Cl)c2cc1Cl. The first-order chi connectivity index (χ1) is 15.2. The summed E-state index contributed by atoms with van der Waals surface area (Å²) in [5.41, 5.74) is 0.202. The van der Waals surface area contributed by atoms with Gasteiger partial charge in [-0.2, -0.15) is 13.2 Å². The van der Waals surface area contributed by atoms with Gasteiger partial charge in [-0.1, -0.05) is 59.6 Å². The Bertz CT molecular complexity index is 1310. The Labute approximate surface area is 197 Å². The molecule has 0 aliphatic heterocycles. The van der Waals surface area contributed by atoms with Gasteiger partial charge in [0.15, 0.2) is 0 Å². The fraction of sp³-hybridized carbons (Fsp3) is 0.125. The monoisotopic (exact) mass is 493 g/mol. The van der Waals surface area contributed by atoms with E-state index in [1.165, 1.54) is 19.2 Å². The number of alkyl halides is 3. The van der Waals surface area contributed by atoms with Crippen molar-refractivity contribution in [1.82, 2.24) is 4.98 Å². The van der Waals surface area contributed by atoms with E-state index in [0.29, 0.717) is 32.3 Å². The second-order valence-electron chi connectivity index (χ2n) is 7.04. The van der Waals surface area contributed by atoms with E-state index in [1.54, 1.807) is 24.3 Å². The molecule has 4 aromatic rings. The molecule has 0 N–H and O–H groups in total. The van der Waals surface area contributed by atoms with Crippen LogP contribution in [0.1, 0.15) is 5.69 Å². The highest BCUT2D eigenvalue weighted by molar-refractivity contribution is 8.00. The molecule has 2 nitrogen and oxygen atoms in total. The van der Waals surface area contributed by atoms with E-state index >= 15 is 0 Å². The first kappa shape index (κ1) is 22.8. The zero-order valence-corrected chi connectivity index (χ0v) is 19.3. The summed E-state index contributed by atoms with van der Waals surface area (Å²) in [5, 5.41) is 1.66. The molecule has 4 rings (SSSR count). The number of aromatic nitrogens is 1. The lowest BCUT2D eigenvalue weighted by molar-refractivity contribution is -0.0328. The Hall–Kier alpha value is -2.41. The van der Waals surface area contributed by atoms with Crippen molar-refractivity contribution in [2.75, 3.05) is 7.11 Å². The minimum Gasteiger partial charge on any atom is -0.495 e. The number of benzene rings is 3. The number of pyridine rings is 1. The molecule has 0 bridgehead atoms. The molecule has 8 heteroatoms. The second-order valence-corrected chi connectivity index (χ2v) is 8.97. The lowest BCUT2D eigenvalue weighted by Gasteiger charge is -2.14. The predicted molar refractivity (Wildman–Crippen MR) is 126 cm³/mol. The van der Waals surface area contributed by atoms with E-state index in [2.05, 4.69) is 4.98 Å². The van der Waals surface area contributed by atoms with Crippen LogP contribution in [0, 0.1) is 6.92 Å². The summed E-state index contributed by atoms with van der Waals surface area (Å²) < 4.78 is 43.4. The van der Waals surface area contributed by atoms with Crippen LogP contribution in [-0.2, 0) is 0 Å². The van der Waals surface area contributed by atoms with Crippen molar-refractivity contribution >= 4 is 45.9 Å². The summed E-state index contributed by atoms with van der Waals surface area (Å²) in [6.07, 6.45) is 0. The summed E-state index contributed by atoms with van der Waals surface area (Å²) in [6.45, 7) is 1.87. The molecule has 0 spiro atoms.